The maximum absolute atomic E-state index is 12.5. The second kappa shape index (κ2) is 8.60. The summed E-state index contributed by atoms with van der Waals surface area (Å²) in [6.07, 6.45) is -1.90. The standard InChI is InChI=1S/C18H14BrF3N4O3/c19-11-1-3-14-13(7-11)17(28)26(10-24-14)6-5-15(27)25-12-2-4-16(23-8-12)29-9-18(20,21)22/h1-4,7-8,10H,5-6,9H2,(H,25,27). The maximum atomic E-state index is 12.5. The first kappa shape index (κ1) is 20.8. The van der Waals surface area contributed by atoms with Crippen LogP contribution in [0.15, 0.2) is 52.1 Å². The molecule has 0 fully saturated rings. The summed E-state index contributed by atoms with van der Waals surface area (Å²) in [4.78, 5) is 32.5. The van der Waals surface area contributed by atoms with E-state index in [1.165, 1.54) is 29.2 Å². The number of aromatic nitrogens is 3. The Balaban J connectivity index is 1.58. The number of pyridine rings is 1. The highest BCUT2D eigenvalue weighted by Crippen LogP contribution is 2.18. The minimum atomic E-state index is -4.46. The summed E-state index contributed by atoms with van der Waals surface area (Å²) in [6, 6.07) is 7.75. The number of carbonyl (C=O) groups excluding carboxylic acids is 1. The van der Waals surface area contributed by atoms with Crippen LogP contribution in [0.25, 0.3) is 10.9 Å². The van der Waals surface area contributed by atoms with Crippen LogP contribution in [0.3, 0.4) is 0 Å². The Morgan fingerprint density at radius 1 is 1.21 bits per heavy atom. The molecule has 2 heterocycles. The number of carbonyl (C=O) groups is 1. The molecule has 0 aliphatic heterocycles. The van der Waals surface area contributed by atoms with Crippen molar-refractivity contribution < 1.29 is 22.7 Å². The first-order chi connectivity index (χ1) is 13.7. The number of halogens is 4. The maximum Gasteiger partial charge on any atom is 0.422 e. The van der Waals surface area contributed by atoms with Crippen LogP contribution >= 0.6 is 15.9 Å². The molecule has 3 rings (SSSR count). The number of ether oxygens (including phenoxy) is 1. The molecule has 1 N–H and O–H groups in total. The zero-order valence-electron chi connectivity index (χ0n) is 14.7. The normalized spacial score (nSPS) is 11.4. The van der Waals surface area contributed by atoms with E-state index in [4.69, 9.17) is 0 Å². The van der Waals surface area contributed by atoms with Crippen LogP contribution in [0, 0.1) is 0 Å². The molecule has 0 unspecified atom stereocenters. The lowest BCUT2D eigenvalue weighted by atomic mass is 10.2. The molecule has 11 heteroatoms. The SMILES string of the molecule is O=C(CCn1cnc2ccc(Br)cc2c1=O)Nc1ccc(OCC(F)(F)F)nc1. The van der Waals surface area contributed by atoms with Gasteiger partial charge in [-0.1, -0.05) is 15.9 Å². The molecule has 0 atom stereocenters. The van der Waals surface area contributed by atoms with Gasteiger partial charge in [0.1, 0.15) is 0 Å². The number of amides is 1. The van der Waals surface area contributed by atoms with Gasteiger partial charge in [-0.15, -0.1) is 0 Å². The van der Waals surface area contributed by atoms with Gasteiger partial charge in [-0.05, 0) is 24.3 Å². The third kappa shape index (κ3) is 5.76. The van der Waals surface area contributed by atoms with Gasteiger partial charge in [-0.3, -0.25) is 14.2 Å². The summed E-state index contributed by atoms with van der Waals surface area (Å²) >= 11 is 3.30. The predicted molar refractivity (Wildman–Crippen MR) is 103 cm³/mol. The van der Waals surface area contributed by atoms with Crippen LogP contribution in [0.5, 0.6) is 5.88 Å². The van der Waals surface area contributed by atoms with Crippen LogP contribution in [0.2, 0.25) is 0 Å². The minimum Gasteiger partial charge on any atom is -0.468 e. The number of nitrogens with zero attached hydrogens (tertiary/aromatic N) is 3. The Morgan fingerprint density at radius 2 is 2.00 bits per heavy atom. The van der Waals surface area contributed by atoms with Crippen LogP contribution in [0.1, 0.15) is 6.42 Å². The highest BCUT2D eigenvalue weighted by molar-refractivity contribution is 9.10. The summed E-state index contributed by atoms with van der Waals surface area (Å²) in [5.74, 6) is -0.600. The first-order valence-corrected chi connectivity index (χ1v) is 9.11. The molecular formula is C18H14BrF3N4O3. The van der Waals surface area contributed by atoms with Crippen LogP contribution in [0.4, 0.5) is 18.9 Å². The molecule has 0 saturated carbocycles. The van der Waals surface area contributed by atoms with Crippen LogP contribution in [-0.4, -0.2) is 33.2 Å². The lowest BCUT2D eigenvalue weighted by Gasteiger charge is -2.10. The van der Waals surface area contributed by atoms with Crippen molar-refractivity contribution in [1.29, 1.82) is 0 Å². The topological polar surface area (TPSA) is 86.1 Å². The Labute approximate surface area is 170 Å². The molecule has 0 aliphatic rings. The zero-order chi connectivity index (χ0) is 21.0. The van der Waals surface area contributed by atoms with Gasteiger partial charge in [0.2, 0.25) is 11.8 Å². The highest BCUT2D eigenvalue weighted by atomic mass is 79.9. The van der Waals surface area contributed by atoms with Gasteiger partial charge in [0.05, 0.1) is 29.1 Å². The van der Waals surface area contributed by atoms with Gasteiger partial charge in [0.25, 0.3) is 5.56 Å². The van der Waals surface area contributed by atoms with E-state index in [0.29, 0.717) is 16.6 Å². The fourth-order valence-corrected chi connectivity index (χ4v) is 2.79. The smallest absolute Gasteiger partial charge is 0.422 e. The lowest BCUT2D eigenvalue weighted by molar-refractivity contribution is -0.154. The van der Waals surface area contributed by atoms with Gasteiger partial charge < -0.3 is 10.1 Å². The molecule has 1 amide bonds. The van der Waals surface area contributed by atoms with Crippen molar-refractivity contribution in [3.8, 4) is 5.88 Å². The van der Waals surface area contributed by atoms with Gasteiger partial charge >= 0.3 is 6.18 Å². The Morgan fingerprint density at radius 3 is 2.69 bits per heavy atom. The van der Waals surface area contributed by atoms with E-state index in [2.05, 4.69) is 36.0 Å². The Kier molecular flexibility index (Phi) is 6.16. The van der Waals surface area contributed by atoms with E-state index in [-0.39, 0.29) is 24.4 Å². The Bertz CT molecular complexity index is 1080. The number of benzene rings is 1. The van der Waals surface area contributed by atoms with Gasteiger partial charge in [0.15, 0.2) is 6.61 Å². The Hall–Kier alpha value is -2.95. The third-order valence-electron chi connectivity index (χ3n) is 3.77. The summed E-state index contributed by atoms with van der Waals surface area (Å²) in [5, 5.41) is 2.99. The first-order valence-electron chi connectivity index (χ1n) is 8.31. The minimum absolute atomic E-state index is 0.00653. The molecule has 0 radical (unpaired) electrons. The quantitative estimate of drug-likeness (QED) is 0.595. The zero-order valence-corrected chi connectivity index (χ0v) is 16.3. The summed E-state index contributed by atoms with van der Waals surface area (Å²) < 4.78 is 42.9. The number of anilines is 1. The molecule has 0 spiro atoms. The summed E-state index contributed by atoms with van der Waals surface area (Å²) in [5.41, 5.74) is 0.581. The van der Waals surface area contributed by atoms with Crippen LogP contribution < -0.4 is 15.6 Å². The van der Waals surface area contributed by atoms with Crippen LogP contribution in [-0.2, 0) is 11.3 Å². The van der Waals surface area contributed by atoms with E-state index in [9.17, 15) is 22.8 Å². The molecule has 1 aromatic carbocycles. The largest absolute Gasteiger partial charge is 0.468 e. The molecule has 0 aliphatic carbocycles. The highest BCUT2D eigenvalue weighted by Gasteiger charge is 2.28. The van der Waals surface area contributed by atoms with Crippen molar-refractivity contribution in [2.24, 2.45) is 0 Å². The molecule has 7 nitrogen and oxygen atoms in total. The molecule has 3 aromatic rings. The number of rotatable bonds is 6. The lowest BCUT2D eigenvalue weighted by Crippen LogP contribution is -2.23. The van der Waals surface area contributed by atoms with Gasteiger partial charge in [-0.25, -0.2) is 9.97 Å². The number of hydrogen-bond acceptors (Lipinski definition) is 5. The molecule has 0 bridgehead atoms. The average Bonchev–Trinajstić information content (AvgIpc) is 2.67. The van der Waals surface area contributed by atoms with E-state index in [1.54, 1.807) is 18.2 Å². The summed E-state index contributed by atoms with van der Waals surface area (Å²) in [7, 11) is 0. The van der Waals surface area contributed by atoms with Crippen molar-refractivity contribution >= 4 is 38.4 Å². The van der Waals surface area contributed by atoms with Crippen molar-refractivity contribution in [3.63, 3.8) is 0 Å². The van der Waals surface area contributed by atoms with E-state index < -0.39 is 18.7 Å². The fourth-order valence-electron chi connectivity index (χ4n) is 2.43. The van der Waals surface area contributed by atoms with Crippen molar-refractivity contribution in [1.82, 2.24) is 14.5 Å². The predicted octanol–water partition coefficient (Wildman–Crippen LogP) is 3.52. The number of alkyl halides is 3. The van der Waals surface area contributed by atoms with Crippen molar-refractivity contribution in [3.05, 3.63) is 57.7 Å². The molecule has 2 aromatic heterocycles. The number of hydrogen-bond donors (Lipinski definition) is 1. The monoisotopic (exact) mass is 470 g/mol. The number of aryl methyl sites for hydroxylation is 1. The molecule has 29 heavy (non-hydrogen) atoms. The van der Waals surface area contributed by atoms with E-state index >= 15 is 0 Å². The second-order valence-corrected chi connectivity index (χ2v) is 6.91. The van der Waals surface area contributed by atoms with Gasteiger partial charge in [-0.2, -0.15) is 13.2 Å². The fraction of sp³-hybridized carbons (Fsp3) is 0.222. The number of fused-ring (bicyclic) bond motifs is 1. The summed E-state index contributed by atoms with van der Waals surface area (Å²) in [6.45, 7) is -1.34. The third-order valence-corrected chi connectivity index (χ3v) is 4.26. The van der Waals surface area contributed by atoms with E-state index in [0.717, 1.165) is 4.47 Å². The second-order valence-electron chi connectivity index (χ2n) is 5.99. The van der Waals surface area contributed by atoms with Crippen molar-refractivity contribution in [2.45, 2.75) is 19.1 Å². The molecule has 152 valence electrons. The van der Waals surface area contributed by atoms with Crippen molar-refractivity contribution in [2.75, 3.05) is 11.9 Å². The average molecular weight is 471 g/mol. The molecule has 0 saturated heterocycles. The van der Waals surface area contributed by atoms with E-state index in [1.807, 2.05) is 0 Å². The number of nitrogens with one attached hydrogen (secondary N) is 1. The van der Waals surface area contributed by atoms with Gasteiger partial charge in [0, 0.05) is 23.5 Å². The molecular weight excluding hydrogens is 457 g/mol.